The van der Waals surface area contributed by atoms with Crippen molar-refractivity contribution < 1.29 is 4.79 Å². The van der Waals surface area contributed by atoms with Crippen molar-refractivity contribution in [3.63, 3.8) is 0 Å². The van der Waals surface area contributed by atoms with Crippen LogP contribution in [0.15, 0.2) is 22.8 Å². The first-order chi connectivity index (χ1) is 7.43. The third kappa shape index (κ3) is 4.65. The lowest BCUT2D eigenvalue weighted by Crippen LogP contribution is -2.28. The molecule has 2 nitrogen and oxygen atoms in total. The number of rotatable bonds is 5. The van der Waals surface area contributed by atoms with Crippen LogP contribution in [0.1, 0.15) is 47.5 Å². The van der Waals surface area contributed by atoms with Crippen molar-refractivity contribution in [2.75, 3.05) is 13.6 Å². The quantitative estimate of drug-likeness (QED) is 0.515. The molecule has 0 rings (SSSR count). The Bertz CT molecular complexity index is 296. The van der Waals surface area contributed by atoms with Gasteiger partial charge in [-0.2, -0.15) is 0 Å². The molecule has 0 atom stereocenters. The third-order valence-electron chi connectivity index (χ3n) is 2.62. The molecule has 0 saturated heterocycles. The van der Waals surface area contributed by atoms with E-state index in [-0.39, 0.29) is 5.91 Å². The van der Waals surface area contributed by atoms with Gasteiger partial charge in [-0.1, -0.05) is 31.1 Å². The Kier molecular flexibility index (Phi) is 6.78. The second-order valence-corrected chi connectivity index (χ2v) is 4.48. The Hall–Kier alpha value is -1.05. The molecule has 16 heavy (non-hydrogen) atoms. The monoisotopic (exact) mass is 223 g/mol. The van der Waals surface area contributed by atoms with Crippen LogP contribution in [0.4, 0.5) is 0 Å². The zero-order valence-corrected chi connectivity index (χ0v) is 11.6. The molecule has 0 aliphatic heterocycles. The van der Waals surface area contributed by atoms with Gasteiger partial charge in [0.15, 0.2) is 0 Å². The number of carbonyl (C=O) groups is 1. The smallest absolute Gasteiger partial charge is 0.253 e. The molecule has 0 N–H and O–H groups in total. The highest BCUT2D eigenvalue weighted by atomic mass is 16.2. The molecule has 92 valence electrons. The summed E-state index contributed by atoms with van der Waals surface area (Å²) in [6.07, 6.45) is 4.00. The molecule has 0 aromatic carbocycles. The van der Waals surface area contributed by atoms with Crippen molar-refractivity contribution >= 4 is 5.91 Å². The molecule has 0 aromatic heterocycles. The van der Waals surface area contributed by atoms with Gasteiger partial charge in [0.1, 0.15) is 0 Å². The van der Waals surface area contributed by atoms with E-state index >= 15 is 0 Å². The lowest BCUT2D eigenvalue weighted by Gasteiger charge is -2.18. The number of carbonyl (C=O) groups excluding carboxylic acids is 1. The van der Waals surface area contributed by atoms with Crippen LogP contribution < -0.4 is 0 Å². The fourth-order valence-electron chi connectivity index (χ4n) is 1.41. The van der Waals surface area contributed by atoms with Crippen LogP contribution >= 0.6 is 0 Å². The number of likely N-dealkylation sites (N-methyl/N-ethyl adjacent to an activating group) is 1. The minimum absolute atomic E-state index is 0.134. The summed E-state index contributed by atoms with van der Waals surface area (Å²) < 4.78 is 0. The highest BCUT2D eigenvalue weighted by molar-refractivity contribution is 5.96. The maximum atomic E-state index is 12.1. The summed E-state index contributed by atoms with van der Waals surface area (Å²) in [7, 11) is 1.86. The first kappa shape index (κ1) is 14.9. The first-order valence-electron chi connectivity index (χ1n) is 6.04. The summed E-state index contributed by atoms with van der Waals surface area (Å²) in [4.78, 5) is 13.9. The van der Waals surface area contributed by atoms with E-state index in [1.54, 1.807) is 4.90 Å². The highest BCUT2D eigenvalue weighted by Gasteiger charge is 2.13. The molecule has 1 amide bonds. The Morgan fingerprint density at radius 1 is 1.19 bits per heavy atom. The molecule has 0 saturated carbocycles. The van der Waals surface area contributed by atoms with Gasteiger partial charge in [0.05, 0.1) is 0 Å². The molecule has 0 radical (unpaired) electrons. The third-order valence-corrected chi connectivity index (χ3v) is 2.62. The first-order valence-corrected chi connectivity index (χ1v) is 6.04. The van der Waals surface area contributed by atoms with Crippen molar-refractivity contribution in [2.45, 2.75) is 47.5 Å². The topological polar surface area (TPSA) is 20.3 Å². The minimum atomic E-state index is 0.134. The van der Waals surface area contributed by atoms with Crippen LogP contribution in [-0.2, 0) is 4.79 Å². The summed E-state index contributed by atoms with van der Waals surface area (Å²) in [5.41, 5.74) is 3.17. The zero-order valence-electron chi connectivity index (χ0n) is 11.6. The Labute approximate surface area is 100 Å². The van der Waals surface area contributed by atoms with Crippen LogP contribution in [0.5, 0.6) is 0 Å². The van der Waals surface area contributed by atoms with E-state index in [0.29, 0.717) is 0 Å². The summed E-state index contributed by atoms with van der Waals surface area (Å²) in [5, 5.41) is 0. The SMILES string of the molecule is CCCN(C)C(=O)C(/C=C(/C)CC)=C(C)C. The molecule has 0 fully saturated rings. The Morgan fingerprint density at radius 2 is 1.75 bits per heavy atom. The van der Waals surface area contributed by atoms with Gasteiger partial charge >= 0.3 is 0 Å². The van der Waals surface area contributed by atoms with Gasteiger partial charge < -0.3 is 4.90 Å². The number of amides is 1. The van der Waals surface area contributed by atoms with Gasteiger partial charge in [-0.25, -0.2) is 0 Å². The van der Waals surface area contributed by atoms with Crippen molar-refractivity contribution in [3.8, 4) is 0 Å². The Balaban J connectivity index is 4.97. The Morgan fingerprint density at radius 3 is 2.12 bits per heavy atom. The molecule has 0 spiro atoms. The van der Waals surface area contributed by atoms with E-state index in [1.165, 1.54) is 5.57 Å². The van der Waals surface area contributed by atoms with Crippen molar-refractivity contribution in [3.05, 3.63) is 22.8 Å². The van der Waals surface area contributed by atoms with Crippen molar-refractivity contribution in [2.24, 2.45) is 0 Å². The van der Waals surface area contributed by atoms with Crippen molar-refractivity contribution in [1.82, 2.24) is 4.90 Å². The molecular weight excluding hydrogens is 198 g/mol. The molecule has 0 heterocycles. The number of hydrogen-bond donors (Lipinski definition) is 0. The average molecular weight is 223 g/mol. The molecular formula is C14H25NO. The van der Waals surface area contributed by atoms with Gasteiger partial charge in [-0.3, -0.25) is 4.79 Å². The lowest BCUT2D eigenvalue weighted by molar-refractivity contribution is -0.125. The van der Waals surface area contributed by atoms with Gasteiger partial charge in [0.25, 0.3) is 5.91 Å². The summed E-state index contributed by atoms with van der Waals surface area (Å²) in [5.74, 6) is 0.134. The van der Waals surface area contributed by atoms with Gasteiger partial charge in [-0.05, 0) is 33.6 Å². The molecule has 0 unspecified atom stereocenters. The molecule has 2 heteroatoms. The standard InChI is InChI=1S/C14H25NO/c1-7-9-15(6)14(16)13(11(3)4)10-12(5)8-2/h10H,7-9H2,1-6H3/b12-10-. The van der Waals surface area contributed by atoms with Gasteiger partial charge in [-0.15, -0.1) is 0 Å². The molecule has 0 bridgehead atoms. The predicted octanol–water partition coefficient (Wildman–Crippen LogP) is 3.55. The lowest BCUT2D eigenvalue weighted by atomic mass is 10.1. The second-order valence-electron chi connectivity index (χ2n) is 4.48. The second kappa shape index (κ2) is 7.26. The number of hydrogen-bond acceptors (Lipinski definition) is 1. The summed E-state index contributed by atoms with van der Waals surface area (Å²) >= 11 is 0. The van der Waals surface area contributed by atoms with Crippen LogP contribution in [0.2, 0.25) is 0 Å². The van der Waals surface area contributed by atoms with E-state index in [2.05, 4.69) is 20.8 Å². The van der Waals surface area contributed by atoms with E-state index in [4.69, 9.17) is 0 Å². The van der Waals surface area contributed by atoms with E-state index in [1.807, 2.05) is 27.0 Å². The summed E-state index contributed by atoms with van der Waals surface area (Å²) in [6.45, 7) is 11.1. The number of allylic oxidation sites excluding steroid dienone is 2. The maximum absolute atomic E-state index is 12.1. The van der Waals surface area contributed by atoms with E-state index in [9.17, 15) is 4.79 Å². The fraction of sp³-hybridized carbons (Fsp3) is 0.643. The maximum Gasteiger partial charge on any atom is 0.253 e. The van der Waals surface area contributed by atoms with Crippen LogP contribution in [-0.4, -0.2) is 24.4 Å². The van der Waals surface area contributed by atoms with Crippen LogP contribution in [0, 0.1) is 0 Å². The minimum Gasteiger partial charge on any atom is -0.342 e. The van der Waals surface area contributed by atoms with Crippen molar-refractivity contribution in [1.29, 1.82) is 0 Å². The molecule has 0 aromatic rings. The van der Waals surface area contributed by atoms with Crippen LogP contribution in [0.3, 0.4) is 0 Å². The molecule has 0 aliphatic carbocycles. The largest absolute Gasteiger partial charge is 0.342 e. The predicted molar refractivity (Wildman–Crippen MR) is 70.4 cm³/mol. The van der Waals surface area contributed by atoms with E-state index < -0.39 is 0 Å². The number of nitrogens with zero attached hydrogens (tertiary/aromatic N) is 1. The van der Waals surface area contributed by atoms with Gasteiger partial charge in [0.2, 0.25) is 0 Å². The highest BCUT2D eigenvalue weighted by Crippen LogP contribution is 2.13. The zero-order chi connectivity index (χ0) is 12.7. The average Bonchev–Trinajstić information content (AvgIpc) is 2.24. The molecule has 0 aliphatic rings. The normalized spacial score (nSPS) is 11.2. The van der Waals surface area contributed by atoms with Crippen LogP contribution in [0.25, 0.3) is 0 Å². The van der Waals surface area contributed by atoms with E-state index in [0.717, 1.165) is 30.5 Å². The van der Waals surface area contributed by atoms with Gasteiger partial charge in [0, 0.05) is 19.2 Å². The fourth-order valence-corrected chi connectivity index (χ4v) is 1.41. The summed E-state index contributed by atoms with van der Waals surface area (Å²) in [6, 6.07) is 0.